The van der Waals surface area contributed by atoms with Crippen molar-refractivity contribution in [3.05, 3.63) is 0 Å². The largest absolute Gasteiger partial charge is 0.465 e. The minimum absolute atomic E-state index is 0.0752. The van der Waals surface area contributed by atoms with E-state index in [1.54, 1.807) is 0 Å². The van der Waals surface area contributed by atoms with Gasteiger partial charge in [0.15, 0.2) is 0 Å². The molecule has 2 atom stereocenters. The maximum Gasteiger partial charge on any atom is 0.308 e. The van der Waals surface area contributed by atoms with Crippen molar-refractivity contribution in [3.63, 3.8) is 0 Å². The van der Waals surface area contributed by atoms with Crippen molar-refractivity contribution in [3.8, 4) is 0 Å². The molecular weight excluding hydrogens is 380 g/mol. The molecule has 3 saturated carbocycles. The lowest BCUT2D eigenvalue weighted by atomic mass is 9.63. The molecule has 3 aliphatic carbocycles. The molecule has 0 spiro atoms. The Morgan fingerprint density at radius 3 is 1.52 bits per heavy atom. The van der Waals surface area contributed by atoms with Gasteiger partial charge in [0.1, 0.15) is 0 Å². The Labute approximate surface area is 193 Å². The second-order valence-corrected chi connectivity index (χ2v) is 11.7. The highest BCUT2D eigenvalue weighted by Crippen LogP contribution is 2.46. The van der Waals surface area contributed by atoms with Crippen molar-refractivity contribution < 1.29 is 9.53 Å². The Morgan fingerprint density at radius 1 is 0.677 bits per heavy atom. The summed E-state index contributed by atoms with van der Waals surface area (Å²) in [6.07, 6.45) is 20.3. The molecule has 2 nitrogen and oxygen atoms in total. The molecule has 0 radical (unpaired) electrons. The number of hydrogen-bond donors (Lipinski definition) is 0. The summed E-state index contributed by atoms with van der Waals surface area (Å²) in [6.45, 7) is 10.1. The summed E-state index contributed by atoms with van der Waals surface area (Å²) in [4.78, 5) is 12.2. The van der Waals surface area contributed by atoms with Crippen molar-refractivity contribution in [1.82, 2.24) is 0 Å². The number of carbonyl (C=O) groups excluding carboxylic acids is 1. The smallest absolute Gasteiger partial charge is 0.308 e. The lowest BCUT2D eigenvalue weighted by Gasteiger charge is -2.42. The number of carbonyl (C=O) groups is 1. The third-order valence-corrected chi connectivity index (χ3v) is 9.93. The fourth-order valence-corrected chi connectivity index (χ4v) is 7.58. The minimum Gasteiger partial charge on any atom is -0.465 e. The average molecular weight is 433 g/mol. The van der Waals surface area contributed by atoms with Gasteiger partial charge < -0.3 is 4.74 Å². The van der Waals surface area contributed by atoms with E-state index < -0.39 is 0 Å². The molecule has 2 unspecified atom stereocenters. The van der Waals surface area contributed by atoms with Gasteiger partial charge in [-0.25, -0.2) is 0 Å². The van der Waals surface area contributed by atoms with Crippen molar-refractivity contribution in [2.75, 3.05) is 6.61 Å². The van der Waals surface area contributed by atoms with Crippen molar-refractivity contribution in [1.29, 1.82) is 0 Å². The first kappa shape index (κ1) is 25.1. The van der Waals surface area contributed by atoms with Crippen LogP contribution in [0, 0.1) is 47.3 Å². The van der Waals surface area contributed by atoms with E-state index in [0.717, 1.165) is 60.7 Å². The predicted octanol–water partition coefficient (Wildman–Crippen LogP) is 8.43. The third kappa shape index (κ3) is 6.97. The lowest BCUT2D eigenvalue weighted by Crippen LogP contribution is -2.33. The van der Waals surface area contributed by atoms with Crippen LogP contribution in [0.15, 0.2) is 0 Å². The lowest BCUT2D eigenvalue weighted by molar-refractivity contribution is -0.150. The van der Waals surface area contributed by atoms with E-state index in [4.69, 9.17) is 4.74 Å². The fourth-order valence-electron chi connectivity index (χ4n) is 7.58. The monoisotopic (exact) mass is 432 g/mol. The van der Waals surface area contributed by atoms with E-state index in [0.29, 0.717) is 6.61 Å². The first-order valence-corrected chi connectivity index (χ1v) is 14.2. The molecule has 0 aromatic rings. The standard InChI is InChI=1S/C29H52O2/c1-5-7-23-8-10-24(11-9-23)21(3)25-12-14-26(15-13-25)22(4)27-16-18-28(19-17-27)29(30)31-20-6-2/h21-28H,5-20H2,1-4H3. The average Bonchev–Trinajstić information content (AvgIpc) is 2.82. The minimum atomic E-state index is 0.0752. The molecule has 0 aliphatic heterocycles. The molecule has 0 bridgehead atoms. The zero-order valence-electron chi connectivity index (χ0n) is 21.2. The second kappa shape index (κ2) is 12.6. The Hall–Kier alpha value is -0.530. The molecule has 0 aromatic carbocycles. The Kier molecular flexibility index (Phi) is 10.2. The molecule has 180 valence electrons. The van der Waals surface area contributed by atoms with E-state index in [1.165, 1.54) is 77.0 Å². The summed E-state index contributed by atoms with van der Waals surface area (Å²) in [5, 5.41) is 0. The van der Waals surface area contributed by atoms with Gasteiger partial charge in [-0.2, -0.15) is 0 Å². The van der Waals surface area contributed by atoms with Crippen molar-refractivity contribution in [2.45, 2.75) is 124 Å². The number of rotatable bonds is 9. The van der Waals surface area contributed by atoms with Crippen LogP contribution in [0.4, 0.5) is 0 Å². The third-order valence-electron chi connectivity index (χ3n) is 9.93. The molecule has 31 heavy (non-hydrogen) atoms. The van der Waals surface area contributed by atoms with Crippen LogP contribution < -0.4 is 0 Å². The van der Waals surface area contributed by atoms with Gasteiger partial charge in [0.05, 0.1) is 12.5 Å². The van der Waals surface area contributed by atoms with E-state index in [9.17, 15) is 4.79 Å². The molecule has 2 heteroatoms. The van der Waals surface area contributed by atoms with Crippen LogP contribution in [0.5, 0.6) is 0 Å². The fraction of sp³-hybridized carbons (Fsp3) is 0.966. The maximum absolute atomic E-state index is 12.2. The zero-order valence-corrected chi connectivity index (χ0v) is 21.2. The van der Waals surface area contributed by atoms with Crippen molar-refractivity contribution in [2.24, 2.45) is 47.3 Å². The number of ether oxygens (including phenoxy) is 1. The molecular formula is C29H52O2. The highest BCUT2D eigenvalue weighted by molar-refractivity contribution is 5.72. The highest BCUT2D eigenvalue weighted by Gasteiger charge is 2.36. The van der Waals surface area contributed by atoms with E-state index in [-0.39, 0.29) is 11.9 Å². The predicted molar refractivity (Wildman–Crippen MR) is 131 cm³/mol. The van der Waals surface area contributed by atoms with Gasteiger partial charge in [0, 0.05) is 0 Å². The molecule has 3 aliphatic rings. The summed E-state index contributed by atoms with van der Waals surface area (Å²) in [7, 11) is 0. The van der Waals surface area contributed by atoms with E-state index in [2.05, 4.69) is 27.7 Å². The van der Waals surface area contributed by atoms with Crippen molar-refractivity contribution >= 4 is 5.97 Å². The summed E-state index contributed by atoms with van der Waals surface area (Å²) in [5.41, 5.74) is 0. The molecule has 3 rings (SSSR count). The number of esters is 1. The van der Waals surface area contributed by atoms with Gasteiger partial charge in [0.25, 0.3) is 0 Å². The molecule has 3 fully saturated rings. The van der Waals surface area contributed by atoms with Crippen LogP contribution in [-0.4, -0.2) is 12.6 Å². The van der Waals surface area contributed by atoms with Gasteiger partial charge in [-0.15, -0.1) is 0 Å². The summed E-state index contributed by atoms with van der Waals surface area (Å²) < 4.78 is 5.41. The molecule has 0 amide bonds. The van der Waals surface area contributed by atoms with Gasteiger partial charge in [0.2, 0.25) is 0 Å². The zero-order chi connectivity index (χ0) is 22.2. The SMILES string of the molecule is CCCOC(=O)C1CCC(C(C)C2CCC(C(C)C3CCC(CCC)CC3)CC2)CC1. The van der Waals surface area contributed by atoms with Gasteiger partial charge in [-0.1, -0.05) is 53.4 Å². The van der Waals surface area contributed by atoms with E-state index >= 15 is 0 Å². The first-order valence-electron chi connectivity index (χ1n) is 14.2. The molecule has 0 N–H and O–H groups in total. The summed E-state index contributed by atoms with van der Waals surface area (Å²) in [5.74, 6) is 6.84. The molecule has 0 saturated heterocycles. The maximum atomic E-state index is 12.2. The quantitative estimate of drug-likeness (QED) is 0.342. The normalized spacial score (nSPS) is 36.5. The Balaban J connectivity index is 1.37. The van der Waals surface area contributed by atoms with Gasteiger partial charge in [-0.05, 0) is 112 Å². The van der Waals surface area contributed by atoms with Gasteiger partial charge >= 0.3 is 5.97 Å². The molecule has 0 aromatic heterocycles. The number of hydrogen-bond acceptors (Lipinski definition) is 2. The van der Waals surface area contributed by atoms with Crippen LogP contribution in [0.3, 0.4) is 0 Å². The van der Waals surface area contributed by atoms with Crippen LogP contribution in [0.1, 0.15) is 124 Å². The summed E-state index contributed by atoms with van der Waals surface area (Å²) in [6, 6.07) is 0. The van der Waals surface area contributed by atoms with Gasteiger partial charge in [-0.3, -0.25) is 4.79 Å². The van der Waals surface area contributed by atoms with Crippen LogP contribution in [0.2, 0.25) is 0 Å². The first-order chi connectivity index (χ1) is 15.0. The van der Waals surface area contributed by atoms with Crippen LogP contribution in [0.25, 0.3) is 0 Å². The Bertz CT molecular complexity index is 505. The highest BCUT2D eigenvalue weighted by atomic mass is 16.5. The van der Waals surface area contributed by atoms with Crippen LogP contribution >= 0.6 is 0 Å². The second-order valence-electron chi connectivity index (χ2n) is 11.7. The van der Waals surface area contributed by atoms with Crippen LogP contribution in [-0.2, 0) is 9.53 Å². The molecule has 0 heterocycles. The topological polar surface area (TPSA) is 26.3 Å². The Morgan fingerprint density at radius 2 is 1.10 bits per heavy atom. The van der Waals surface area contributed by atoms with E-state index in [1.807, 2.05) is 0 Å². The summed E-state index contributed by atoms with van der Waals surface area (Å²) >= 11 is 0.